The summed E-state index contributed by atoms with van der Waals surface area (Å²) in [6.45, 7) is 4.41. The van der Waals surface area contributed by atoms with Crippen LogP contribution in [0.2, 0.25) is 0 Å². The molecule has 1 N–H and O–H groups in total. The Bertz CT molecular complexity index is 818. The molecule has 7 nitrogen and oxygen atoms in total. The number of benzene rings is 1. The monoisotopic (exact) mass is 347 g/mol. The van der Waals surface area contributed by atoms with Gasteiger partial charge in [-0.3, -0.25) is 4.98 Å². The Kier molecular flexibility index (Phi) is 4.86. The van der Waals surface area contributed by atoms with Gasteiger partial charge in [0, 0.05) is 50.8 Å². The van der Waals surface area contributed by atoms with Gasteiger partial charge >= 0.3 is 0 Å². The lowest BCUT2D eigenvalue weighted by molar-refractivity contribution is 0.644. The highest BCUT2D eigenvalue weighted by Gasteiger charge is 2.19. The first kappa shape index (κ1) is 16.3. The lowest BCUT2D eigenvalue weighted by Crippen LogP contribution is -2.46. The number of hydrogen-bond acceptors (Lipinski definition) is 7. The summed E-state index contributed by atoms with van der Waals surface area (Å²) in [5, 5.41) is 11.4. The number of anilines is 3. The number of pyridine rings is 1. The van der Waals surface area contributed by atoms with Crippen LogP contribution in [-0.2, 0) is 6.54 Å². The van der Waals surface area contributed by atoms with Crippen molar-refractivity contribution in [2.24, 2.45) is 0 Å². The van der Waals surface area contributed by atoms with Crippen molar-refractivity contribution in [1.29, 1.82) is 0 Å². The molecule has 0 aliphatic carbocycles. The number of piperazine rings is 1. The molecule has 7 heteroatoms. The fourth-order valence-corrected chi connectivity index (χ4v) is 3.04. The van der Waals surface area contributed by atoms with Crippen molar-refractivity contribution >= 4 is 17.5 Å². The van der Waals surface area contributed by atoms with Crippen LogP contribution in [0, 0.1) is 0 Å². The molecular formula is C19H21N7. The third-order valence-electron chi connectivity index (χ3n) is 4.47. The van der Waals surface area contributed by atoms with E-state index in [9.17, 15) is 0 Å². The fraction of sp³-hybridized carbons (Fsp3) is 0.263. The first-order valence-corrected chi connectivity index (χ1v) is 8.76. The summed E-state index contributed by atoms with van der Waals surface area (Å²) in [5.74, 6) is 1.41. The topological polar surface area (TPSA) is 70.1 Å². The molecule has 1 saturated heterocycles. The van der Waals surface area contributed by atoms with Crippen molar-refractivity contribution in [3.63, 3.8) is 0 Å². The number of nitrogens with one attached hydrogen (secondary N) is 1. The fourth-order valence-electron chi connectivity index (χ4n) is 3.04. The molecule has 3 heterocycles. The van der Waals surface area contributed by atoms with Gasteiger partial charge in [-0.2, -0.15) is 10.1 Å². The van der Waals surface area contributed by atoms with Crippen LogP contribution in [-0.4, -0.2) is 46.3 Å². The zero-order chi connectivity index (χ0) is 17.6. The largest absolute Gasteiger partial charge is 0.368 e. The lowest BCUT2D eigenvalue weighted by atomic mass is 10.2. The van der Waals surface area contributed by atoms with Gasteiger partial charge < -0.3 is 15.1 Å². The maximum Gasteiger partial charge on any atom is 0.244 e. The van der Waals surface area contributed by atoms with Gasteiger partial charge in [0.15, 0.2) is 5.82 Å². The van der Waals surface area contributed by atoms with E-state index in [1.807, 2.05) is 18.2 Å². The molecule has 1 fully saturated rings. The molecule has 26 heavy (non-hydrogen) atoms. The van der Waals surface area contributed by atoms with E-state index in [1.165, 1.54) is 5.69 Å². The quantitative estimate of drug-likeness (QED) is 0.759. The molecule has 132 valence electrons. The minimum Gasteiger partial charge on any atom is -0.368 e. The van der Waals surface area contributed by atoms with Gasteiger partial charge in [-0.25, -0.2) is 0 Å². The highest BCUT2D eigenvalue weighted by Crippen LogP contribution is 2.19. The van der Waals surface area contributed by atoms with Crippen LogP contribution in [0.1, 0.15) is 5.56 Å². The average Bonchev–Trinajstić information content (AvgIpc) is 2.74. The van der Waals surface area contributed by atoms with Crippen molar-refractivity contribution in [2.45, 2.75) is 6.54 Å². The van der Waals surface area contributed by atoms with Crippen LogP contribution < -0.4 is 15.1 Å². The summed E-state index contributed by atoms with van der Waals surface area (Å²) in [7, 11) is 0. The molecule has 2 aromatic heterocycles. The number of rotatable bonds is 5. The third kappa shape index (κ3) is 3.88. The average molecular weight is 347 g/mol. The summed E-state index contributed by atoms with van der Waals surface area (Å²) in [6.07, 6.45) is 5.29. The predicted octanol–water partition coefficient (Wildman–Crippen LogP) is 2.21. The molecule has 0 saturated carbocycles. The van der Waals surface area contributed by atoms with Crippen LogP contribution in [0.15, 0.2) is 61.1 Å². The second-order valence-electron chi connectivity index (χ2n) is 6.16. The molecule has 3 aromatic rings. The highest BCUT2D eigenvalue weighted by atomic mass is 15.3. The summed E-state index contributed by atoms with van der Waals surface area (Å²) in [4.78, 5) is 13.3. The van der Waals surface area contributed by atoms with Crippen LogP contribution in [0.4, 0.5) is 17.5 Å². The Morgan fingerprint density at radius 3 is 2.38 bits per heavy atom. The summed E-state index contributed by atoms with van der Waals surface area (Å²) >= 11 is 0. The molecule has 0 unspecified atom stereocenters. The van der Waals surface area contributed by atoms with Crippen molar-refractivity contribution in [3.8, 4) is 0 Å². The molecule has 0 radical (unpaired) electrons. The van der Waals surface area contributed by atoms with E-state index in [2.05, 4.69) is 59.5 Å². The molecule has 1 aliphatic heterocycles. The molecule has 0 spiro atoms. The molecule has 4 rings (SSSR count). The minimum absolute atomic E-state index is 0.546. The molecule has 1 aliphatic rings. The summed E-state index contributed by atoms with van der Waals surface area (Å²) in [6, 6.07) is 14.5. The van der Waals surface area contributed by atoms with E-state index in [0.717, 1.165) is 37.6 Å². The first-order chi connectivity index (χ1) is 12.9. The maximum atomic E-state index is 4.62. The Balaban J connectivity index is 1.36. The van der Waals surface area contributed by atoms with Crippen molar-refractivity contribution < 1.29 is 0 Å². The number of para-hydroxylation sites is 1. The minimum atomic E-state index is 0.546. The van der Waals surface area contributed by atoms with Gasteiger partial charge in [0.2, 0.25) is 5.95 Å². The molecular weight excluding hydrogens is 326 g/mol. The molecule has 0 atom stereocenters. The van der Waals surface area contributed by atoms with E-state index in [4.69, 9.17) is 0 Å². The van der Waals surface area contributed by atoms with Crippen LogP contribution in [0.3, 0.4) is 0 Å². The maximum absolute atomic E-state index is 4.62. The van der Waals surface area contributed by atoms with Crippen LogP contribution in [0.5, 0.6) is 0 Å². The van der Waals surface area contributed by atoms with Crippen LogP contribution in [0.25, 0.3) is 0 Å². The van der Waals surface area contributed by atoms with Crippen molar-refractivity contribution in [3.05, 3.63) is 66.6 Å². The first-order valence-electron chi connectivity index (χ1n) is 8.76. The van der Waals surface area contributed by atoms with Gasteiger partial charge in [0.1, 0.15) is 0 Å². The third-order valence-corrected chi connectivity index (χ3v) is 4.47. The molecule has 1 aromatic carbocycles. The zero-order valence-corrected chi connectivity index (χ0v) is 14.5. The zero-order valence-electron chi connectivity index (χ0n) is 14.5. The Morgan fingerprint density at radius 1 is 0.885 bits per heavy atom. The molecule has 0 bridgehead atoms. The van der Waals surface area contributed by atoms with Gasteiger partial charge in [-0.1, -0.05) is 18.2 Å². The van der Waals surface area contributed by atoms with Crippen LogP contribution >= 0.6 is 0 Å². The van der Waals surface area contributed by atoms with Gasteiger partial charge in [0.25, 0.3) is 0 Å². The Morgan fingerprint density at radius 2 is 1.62 bits per heavy atom. The number of aromatic nitrogens is 4. The Labute approximate surface area is 152 Å². The van der Waals surface area contributed by atoms with Crippen molar-refractivity contribution in [1.82, 2.24) is 20.2 Å². The number of nitrogens with zero attached hydrogens (tertiary/aromatic N) is 6. The molecule has 0 amide bonds. The second-order valence-corrected chi connectivity index (χ2v) is 6.16. The normalized spacial score (nSPS) is 14.3. The Hall–Kier alpha value is -3.22. The van der Waals surface area contributed by atoms with Gasteiger partial charge in [-0.15, -0.1) is 5.10 Å². The van der Waals surface area contributed by atoms with E-state index >= 15 is 0 Å². The van der Waals surface area contributed by atoms with Gasteiger partial charge in [0.05, 0.1) is 6.20 Å². The van der Waals surface area contributed by atoms with E-state index in [-0.39, 0.29) is 0 Å². The SMILES string of the molecule is c1ccc(N2CCN(c3cnnc(NCc4ccncc4)n3)CC2)cc1. The lowest BCUT2D eigenvalue weighted by Gasteiger charge is -2.36. The predicted molar refractivity (Wildman–Crippen MR) is 102 cm³/mol. The van der Waals surface area contributed by atoms with E-state index in [0.29, 0.717) is 12.5 Å². The summed E-state index contributed by atoms with van der Waals surface area (Å²) < 4.78 is 0. The van der Waals surface area contributed by atoms with E-state index in [1.54, 1.807) is 18.6 Å². The van der Waals surface area contributed by atoms with Gasteiger partial charge in [-0.05, 0) is 29.8 Å². The highest BCUT2D eigenvalue weighted by molar-refractivity contribution is 5.49. The second kappa shape index (κ2) is 7.77. The smallest absolute Gasteiger partial charge is 0.244 e. The van der Waals surface area contributed by atoms with Crippen molar-refractivity contribution in [2.75, 3.05) is 41.3 Å². The standard InChI is InChI=1S/C19H21N7/c1-2-4-17(5-3-1)25-10-12-26(13-11-25)18-15-22-24-19(23-18)21-14-16-6-8-20-9-7-16/h1-9,15H,10-14H2,(H,21,23,24). The van der Waals surface area contributed by atoms with E-state index < -0.39 is 0 Å². The number of hydrogen-bond donors (Lipinski definition) is 1. The summed E-state index contributed by atoms with van der Waals surface area (Å²) in [5.41, 5.74) is 2.40.